The van der Waals surface area contributed by atoms with E-state index in [0.717, 1.165) is 62.4 Å². The molecule has 37 heteroatoms. The van der Waals surface area contributed by atoms with Gasteiger partial charge in [0.2, 0.25) is 59.3 Å². The normalized spacial score (nSPS) is 35.1. The Balaban J connectivity index is 0.989. The number of fused-ring (bicyclic) bond motifs is 15. The molecule has 0 aromatic heterocycles. The molecule has 8 aliphatic heterocycles. The van der Waals surface area contributed by atoms with Gasteiger partial charge < -0.3 is 144 Å². The molecule has 3 saturated heterocycles. The number of carbonyl (C=O) groups excluding carboxylic acids is 8. The van der Waals surface area contributed by atoms with E-state index in [4.69, 9.17) is 66.7 Å². The number of aliphatic hydroxyl groups excluding tert-OH is 6. The summed E-state index contributed by atoms with van der Waals surface area (Å²) in [6, 6.07) is 2.82. The quantitative estimate of drug-likeness (QED) is 0.0666. The lowest BCUT2D eigenvalue weighted by Crippen LogP contribution is -2.64. The van der Waals surface area contributed by atoms with Crippen molar-refractivity contribution in [1.82, 2.24) is 42.5 Å². The topological polar surface area (TPSA) is 567 Å². The summed E-state index contributed by atoms with van der Waals surface area (Å²) < 4.78 is 52.5. The summed E-state index contributed by atoms with van der Waals surface area (Å²) in [6.07, 6.45) is -17.6. The summed E-state index contributed by atoms with van der Waals surface area (Å²) in [4.78, 5) is 124. The molecule has 17 rings (SSSR count). The van der Waals surface area contributed by atoms with Crippen LogP contribution in [0.5, 0.6) is 46.0 Å². The number of hydrogen-bond acceptors (Lipinski definition) is 28. The van der Waals surface area contributed by atoms with E-state index >= 15 is 28.8 Å². The maximum atomic E-state index is 16.6. The molecule has 22 atom stereocenters. The third-order valence-corrected chi connectivity index (χ3v) is 24.9. The summed E-state index contributed by atoms with van der Waals surface area (Å²) in [7, 11) is 1.49. The van der Waals surface area contributed by atoms with Crippen molar-refractivity contribution in [2.24, 2.45) is 46.8 Å². The number of phenols is 3. The zero-order valence-electron chi connectivity index (χ0n) is 66.8. The van der Waals surface area contributed by atoms with Gasteiger partial charge in [-0.1, -0.05) is 49.7 Å². The Hall–Kier alpha value is -9.61. The van der Waals surface area contributed by atoms with Gasteiger partial charge in [0.25, 0.3) is 0 Å². The monoisotopic (exact) mass is 1690 g/mol. The number of amides is 8. The zero-order valence-corrected chi connectivity index (χ0v) is 67.6. The molecule has 0 spiro atoms. The van der Waals surface area contributed by atoms with Crippen molar-refractivity contribution >= 4 is 58.9 Å². The average Bonchev–Trinajstić information content (AvgIpc) is 0.756. The highest BCUT2D eigenvalue weighted by Gasteiger charge is 2.54. The predicted molar refractivity (Wildman–Crippen MR) is 422 cm³/mol. The summed E-state index contributed by atoms with van der Waals surface area (Å²) >= 11 is 7.20. The van der Waals surface area contributed by atoms with Gasteiger partial charge in [0, 0.05) is 47.2 Å². The maximum absolute atomic E-state index is 16.6. The SMILES string of the molecule is CN[C@H](CC(C)C)C(=O)N[C@H]1C(=O)N[C@@H](CC(N)=O)C(=O)N[C@H]2C(=O)N[C@H]3C(=O)N[C@H](C(=O)N[C@H](C(=O)NC4C5CC6CC(C5)CC4C6)c4cc(O)cc(O)c4-c4cc3ccc4O)[C@H](O[C@H]3C[C@](C)(N)[C@@H](O)[C@H](C)O3)c3ccc(cc3)Oc3cc2cc(c3O[C@@H]2O[C@H](CO)[C@@H](O)[C@H](O)[C@H]2O[C@H]2C[C@](C)(N)[C@@H](O)[C@H](C)O2)Oc2ccc(cc2Cl)[C@H]1O. The number of halogens is 1. The molecule has 8 amide bonds. The van der Waals surface area contributed by atoms with E-state index in [1.165, 1.54) is 82.4 Å². The lowest BCUT2D eigenvalue weighted by atomic mass is 9.54. The number of carbonyl (C=O) groups is 8. The average molecular weight is 1690 g/mol. The van der Waals surface area contributed by atoms with E-state index in [-0.39, 0.29) is 93.0 Å². The summed E-state index contributed by atoms with van der Waals surface area (Å²) in [5, 5.41) is 127. The number of nitrogens with one attached hydrogen (secondary N) is 8. The van der Waals surface area contributed by atoms with Gasteiger partial charge >= 0.3 is 0 Å². The third kappa shape index (κ3) is 17.9. The van der Waals surface area contributed by atoms with Gasteiger partial charge in [0.1, 0.15) is 95.5 Å². The summed E-state index contributed by atoms with van der Waals surface area (Å²) in [5.41, 5.74) is 14.7. The van der Waals surface area contributed by atoms with E-state index in [1.54, 1.807) is 6.92 Å². The van der Waals surface area contributed by atoms with E-state index in [1.807, 2.05) is 13.8 Å². The highest BCUT2D eigenvalue weighted by molar-refractivity contribution is 6.32. The van der Waals surface area contributed by atoms with Crippen LogP contribution in [0.2, 0.25) is 5.02 Å². The summed E-state index contributed by atoms with van der Waals surface area (Å²) in [6.45, 7) is 8.83. The molecule has 8 heterocycles. The molecule has 4 saturated carbocycles. The Labute approximate surface area is 694 Å². The minimum Gasteiger partial charge on any atom is -0.508 e. The van der Waals surface area contributed by atoms with E-state index in [0.29, 0.717) is 11.8 Å². The van der Waals surface area contributed by atoms with E-state index < -0.39 is 234 Å². The van der Waals surface area contributed by atoms with Gasteiger partial charge in [-0.25, -0.2) is 0 Å². The van der Waals surface area contributed by atoms with Crippen molar-refractivity contribution in [3.8, 4) is 57.1 Å². The van der Waals surface area contributed by atoms with Crippen molar-refractivity contribution in [1.29, 1.82) is 0 Å². The number of aromatic hydroxyl groups is 3. The molecule has 0 unspecified atom stereocenters. The van der Waals surface area contributed by atoms with Crippen LogP contribution in [0.4, 0.5) is 0 Å². The number of primary amides is 1. The molecule has 7 fully saturated rings. The first kappa shape index (κ1) is 86.8. The second-order valence-electron chi connectivity index (χ2n) is 34.3. The Morgan fingerprint density at radius 3 is 1.85 bits per heavy atom. The molecular formula is C83H104ClN11O25. The Morgan fingerprint density at radius 2 is 1.24 bits per heavy atom. The second kappa shape index (κ2) is 34.7. The van der Waals surface area contributed by atoms with Gasteiger partial charge in [-0.05, 0) is 185 Å². The van der Waals surface area contributed by atoms with Gasteiger partial charge in [-0.2, -0.15) is 0 Å². The molecular weight excluding hydrogens is 1590 g/mol. The first-order chi connectivity index (χ1) is 56.8. The standard InChI is InChI=1S/C83H104ClN11O25/c1-32(2)16-48(88-7)74(106)94-64-66(101)39-11-15-52(47(84)23-39)116-54-25-42-24-53(70(54)120-81-71(68(103)67(102)55(31-96)117-81)119-58-30-83(6,87)73(105)34(4)114-58)115-44-12-8-37(9-13-44)69(118-57-29-82(5,86)72(104)33(3)113-57)65-80(112)93-63(78(110)90-60-40-18-35-17-36(20-40)21-41(60)19-35)46-26-43(97)27-51(99)59(46)45-22-38(10-14-50(45)98)61(76(108)95-65)92-77(109)62(42)91-75(107)49(28-56(85)100)89-79(64)111/h8-15,22-27,32-36,40-41,48-49,55,57-58,60-69,71-73,81,88,96-99,101-105H,16-21,28-31,86-87H2,1-7H3,(H2,85,100)(H,89,111)(H,90,110)(H,91,107)(H,92,109)(H,93,112)(H,94,106)(H,95,108)/t33-,34-,35?,36?,40?,41?,48+,49-,55+,57-,58-,60?,61+,62+,63-,64+,65-,66+,67+,68-,69+,71+,72-,73-,81-,82-,83-/m0/s1. The lowest BCUT2D eigenvalue weighted by Gasteiger charge is -2.54. The molecule has 5 aromatic carbocycles. The second-order valence-corrected chi connectivity index (χ2v) is 34.7. The number of likely N-dealkylation sites (N-methyl/N-ethyl adjacent to an activating group) is 1. The van der Waals surface area contributed by atoms with Crippen LogP contribution in [0.3, 0.4) is 0 Å². The molecule has 648 valence electrons. The predicted octanol–water partition coefficient (Wildman–Crippen LogP) is 1.55. The van der Waals surface area contributed by atoms with E-state index in [9.17, 15) is 55.5 Å². The van der Waals surface area contributed by atoms with E-state index in [2.05, 4.69) is 42.5 Å². The zero-order chi connectivity index (χ0) is 86.2. The smallest absolute Gasteiger partial charge is 0.248 e. The minimum atomic E-state index is -2.32. The molecule has 36 nitrogen and oxygen atoms in total. The Bertz CT molecular complexity index is 4720. The highest BCUT2D eigenvalue weighted by Crippen LogP contribution is 2.55. The van der Waals surface area contributed by atoms with Crippen LogP contribution in [-0.2, 0) is 62.0 Å². The van der Waals surface area contributed by atoms with Crippen LogP contribution >= 0.6 is 11.6 Å². The maximum Gasteiger partial charge on any atom is 0.248 e. The van der Waals surface area contributed by atoms with Gasteiger partial charge in [0.05, 0.1) is 48.5 Å². The number of aliphatic hydroxyl groups is 6. The van der Waals surface area contributed by atoms with Gasteiger partial charge in [-0.3, -0.25) is 38.4 Å². The number of ether oxygens (including phenoxy) is 8. The van der Waals surface area contributed by atoms with Crippen LogP contribution in [0, 0.1) is 29.6 Å². The molecule has 0 radical (unpaired) electrons. The van der Waals surface area contributed by atoms with Crippen LogP contribution < -0.4 is 73.9 Å². The van der Waals surface area contributed by atoms with Crippen LogP contribution in [0.15, 0.2) is 84.9 Å². The number of benzene rings is 5. The number of nitrogens with two attached hydrogens (primary N) is 3. The Morgan fingerprint density at radius 1 is 0.642 bits per heavy atom. The minimum absolute atomic E-state index is 0.0346. The molecule has 4 aliphatic carbocycles. The molecule has 15 bridgehead atoms. The first-order valence-corrected chi connectivity index (χ1v) is 40.7. The molecule has 5 aromatic rings. The van der Waals surface area contributed by atoms with Crippen molar-refractivity contribution in [3.63, 3.8) is 0 Å². The highest BCUT2D eigenvalue weighted by atomic mass is 35.5. The lowest BCUT2D eigenvalue weighted by molar-refractivity contribution is -0.333. The first-order valence-electron chi connectivity index (χ1n) is 40.3. The number of hydrogen-bond donors (Lipinski definition) is 20. The van der Waals surface area contributed by atoms with Crippen molar-refractivity contribution in [2.75, 3.05) is 13.7 Å². The van der Waals surface area contributed by atoms with Crippen molar-refractivity contribution in [3.05, 3.63) is 118 Å². The fourth-order valence-electron chi connectivity index (χ4n) is 18.6. The molecule has 120 heavy (non-hydrogen) atoms. The fourth-order valence-corrected chi connectivity index (χ4v) is 18.9. The van der Waals surface area contributed by atoms with Crippen LogP contribution in [0.25, 0.3) is 11.1 Å². The molecule has 12 aliphatic rings. The van der Waals surface area contributed by atoms with Crippen molar-refractivity contribution in [2.45, 2.75) is 239 Å². The third-order valence-electron chi connectivity index (χ3n) is 24.6. The van der Waals surface area contributed by atoms with Gasteiger partial charge in [-0.15, -0.1) is 0 Å². The fraction of sp³-hybridized carbons (Fsp3) is 0.542. The largest absolute Gasteiger partial charge is 0.508 e. The molecule has 23 N–H and O–H groups in total. The Kier molecular flexibility index (Phi) is 25.1. The number of rotatable bonds is 16. The van der Waals surface area contributed by atoms with Crippen LogP contribution in [0.1, 0.15) is 157 Å². The summed E-state index contributed by atoms with van der Waals surface area (Å²) in [5.74, 6) is -12.6. The van der Waals surface area contributed by atoms with Crippen LogP contribution in [-0.4, -0.2) is 216 Å². The number of phenolic OH excluding ortho intramolecular Hbond substituents is 3. The van der Waals surface area contributed by atoms with Gasteiger partial charge in [0.15, 0.2) is 30.2 Å². The van der Waals surface area contributed by atoms with Crippen molar-refractivity contribution < 1.29 is 122 Å².